The summed E-state index contributed by atoms with van der Waals surface area (Å²) in [6.07, 6.45) is 5.77. The van der Waals surface area contributed by atoms with Crippen LogP contribution in [0.4, 0.5) is 0 Å². The van der Waals surface area contributed by atoms with E-state index in [1.54, 1.807) is 24.4 Å². The van der Waals surface area contributed by atoms with Gasteiger partial charge in [-0.1, -0.05) is 35.3 Å². The van der Waals surface area contributed by atoms with Gasteiger partial charge < -0.3 is 10.2 Å². The number of hydrogen-bond acceptors (Lipinski definition) is 5. The number of rotatable bonds is 5. The number of halogens is 2. The summed E-state index contributed by atoms with van der Waals surface area (Å²) in [5.74, 6) is -0.452. The Bertz CT molecular complexity index is 1130. The van der Waals surface area contributed by atoms with Crippen molar-refractivity contribution in [1.82, 2.24) is 20.1 Å². The van der Waals surface area contributed by atoms with Crippen LogP contribution in [-0.2, 0) is 4.79 Å². The average molecular weight is 484 g/mol. The first-order valence-electron chi connectivity index (χ1n) is 10.7. The van der Waals surface area contributed by atoms with E-state index in [2.05, 4.69) is 21.3 Å². The number of nitrogens with one attached hydrogen (secondary N) is 1. The highest BCUT2D eigenvalue weighted by molar-refractivity contribution is 6.42. The first-order chi connectivity index (χ1) is 15.9. The fourth-order valence-electron chi connectivity index (χ4n) is 4.20. The molecule has 1 saturated heterocycles. The van der Waals surface area contributed by atoms with E-state index in [9.17, 15) is 9.59 Å². The number of hydrogen-bond donors (Lipinski definition) is 1. The molecular formula is C24H23Cl2N5O2. The number of pyridine rings is 1. The molecule has 2 aromatic rings. The molecule has 0 saturated carbocycles. The molecule has 1 fully saturated rings. The third-order valence-corrected chi connectivity index (χ3v) is 6.84. The van der Waals surface area contributed by atoms with Crippen molar-refractivity contribution in [3.63, 3.8) is 0 Å². The third kappa shape index (κ3) is 5.53. The number of carbonyl (C=O) groups excluding carboxylic acids is 2. The van der Waals surface area contributed by atoms with Gasteiger partial charge in [0.2, 0.25) is 5.91 Å². The van der Waals surface area contributed by atoms with Gasteiger partial charge in [0.1, 0.15) is 11.8 Å². The van der Waals surface area contributed by atoms with Gasteiger partial charge in [-0.2, -0.15) is 5.26 Å². The lowest BCUT2D eigenvalue weighted by Gasteiger charge is -2.31. The van der Waals surface area contributed by atoms with Crippen molar-refractivity contribution in [3.8, 4) is 6.07 Å². The van der Waals surface area contributed by atoms with Crippen molar-refractivity contribution in [3.05, 3.63) is 69.5 Å². The molecule has 2 amide bonds. The van der Waals surface area contributed by atoms with Crippen LogP contribution in [-0.4, -0.2) is 65.4 Å². The average Bonchev–Trinajstić information content (AvgIpc) is 3.35. The minimum Gasteiger partial charge on any atom is -0.343 e. The number of nitriles is 1. The molecule has 2 aliphatic rings. The van der Waals surface area contributed by atoms with Gasteiger partial charge in [0.15, 0.2) is 0 Å². The van der Waals surface area contributed by atoms with Gasteiger partial charge in [-0.25, -0.2) is 4.98 Å². The predicted octanol–water partition coefficient (Wildman–Crippen LogP) is 3.38. The highest BCUT2D eigenvalue weighted by Gasteiger charge is 2.31. The minimum absolute atomic E-state index is 0.0540. The van der Waals surface area contributed by atoms with E-state index in [1.807, 2.05) is 17.0 Å². The first kappa shape index (κ1) is 23.2. The molecule has 3 heterocycles. The molecule has 2 aliphatic heterocycles. The van der Waals surface area contributed by atoms with Gasteiger partial charge in [0, 0.05) is 44.0 Å². The van der Waals surface area contributed by atoms with Gasteiger partial charge >= 0.3 is 0 Å². The molecule has 33 heavy (non-hydrogen) atoms. The van der Waals surface area contributed by atoms with E-state index in [0.717, 1.165) is 31.5 Å². The van der Waals surface area contributed by atoms with Gasteiger partial charge in [-0.3, -0.25) is 14.5 Å². The molecule has 1 N–H and O–H groups in total. The molecule has 4 rings (SSSR count). The lowest BCUT2D eigenvalue weighted by Crippen LogP contribution is -2.43. The molecule has 7 nitrogen and oxygen atoms in total. The molecular weight excluding hydrogens is 461 g/mol. The number of carbonyl (C=O) groups is 2. The maximum Gasteiger partial charge on any atom is 0.251 e. The van der Waals surface area contributed by atoms with Crippen molar-refractivity contribution in [1.29, 1.82) is 5.26 Å². The molecule has 1 atom stereocenters. The molecule has 1 unspecified atom stereocenters. The fourth-order valence-corrected chi connectivity index (χ4v) is 4.50. The van der Waals surface area contributed by atoms with E-state index in [4.69, 9.17) is 28.5 Å². The van der Waals surface area contributed by atoms with Crippen molar-refractivity contribution in [2.24, 2.45) is 0 Å². The highest BCUT2D eigenvalue weighted by Crippen LogP contribution is 2.26. The first-order valence-corrected chi connectivity index (χ1v) is 11.5. The summed E-state index contributed by atoms with van der Waals surface area (Å²) in [5.41, 5.74) is 3.07. The number of nitrogens with zero attached hydrogens (tertiary/aromatic N) is 4. The van der Waals surface area contributed by atoms with Crippen LogP contribution in [0.15, 0.2) is 42.6 Å². The monoisotopic (exact) mass is 483 g/mol. The van der Waals surface area contributed by atoms with Crippen LogP contribution in [0.2, 0.25) is 10.0 Å². The molecule has 0 spiro atoms. The molecule has 170 valence electrons. The van der Waals surface area contributed by atoms with Gasteiger partial charge in [-0.15, -0.1) is 0 Å². The molecule has 1 aromatic heterocycles. The normalized spacial score (nSPS) is 18.5. The third-order valence-electron chi connectivity index (χ3n) is 6.10. The Morgan fingerprint density at radius 3 is 2.70 bits per heavy atom. The minimum atomic E-state index is -0.358. The highest BCUT2D eigenvalue weighted by atomic mass is 35.5. The smallest absolute Gasteiger partial charge is 0.251 e. The van der Waals surface area contributed by atoms with Crippen molar-refractivity contribution < 1.29 is 9.59 Å². The largest absolute Gasteiger partial charge is 0.343 e. The lowest BCUT2D eigenvalue weighted by molar-refractivity contribution is -0.129. The number of likely N-dealkylation sites (tertiary alicyclic amines) is 1. The van der Waals surface area contributed by atoms with Crippen molar-refractivity contribution in [2.45, 2.75) is 18.9 Å². The van der Waals surface area contributed by atoms with Crippen LogP contribution in [0.3, 0.4) is 0 Å². The van der Waals surface area contributed by atoms with Crippen molar-refractivity contribution >= 4 is 40.6 Å². The number of aromatic nitrogens is 1. The van der Waals surface area contributed by atoms with E-state index in [0.29, 0.717) is 40.4 Å². The maximum absolute atomic E-state index is 12.6. The Kier molecular flexibility index (Phi) is 7.29. The fraction of sp³-hybridized carbons (Fsp3) is 0.333. The van der Waals surface area contributed by atoms with Gasteiger partial charge in [-0.05, 0) is 48.2 Å². The molecule has 0 bridgehead atoms. The SMILES string of the molecule is N#Cc1ccc(C2=CCN(C3CCN(C(=O)CNC(=O)c4ccc(Cl)c(Cl)c4)C3)CC2)cn1. The van der Waals surface area contributed by atoms with E-state index in [-0.39, 0.29) is 18.4 Å². The molecule has 9 heteroatoms. The summed E-state index contributed by atoms with van der Waals surface area (Å²) in [4.78, 5) is 33.3. The summed E-state index contributed by atoms with van der Waals surface area (Å²) in [5, 5.41) is 12.2. The Morgan fingerprint density at radius 1 is 1.18 bits per heavy atom. The van der Waals surface area contributed by atoms with Crippen LogP contribution in [0, 0.1) is 11.3 Å². The summed E-state index contributed by atoms with van der Waals surface area (Å²) in [6, 6.07) is 10.6. The lowest BCUT2D eigenvalue weighted by atomic mass is 9.99. The predicted molar refractivity (Wildman–Crippen MR) is 127 cm³/mol. The van der Waals surface area contributed by atoms with Crippen LogP contribution in [0.5, 0.6) is 0 Å². The van der Waals surface area contributed by atoms with E-state index >= 15 is 0 Å². The zero-order valence-electron chi connectivity index (χ0n) is 17.9. The summed E-state index contributed by atoms with van der Waals surface area (Å²) < 4.78 is 0. The Balaban J connectivity index is 1.26. The zero-order valence-corrected chi connectivity index (χ0v) is 19.4. The standard InChI is InChI=1S/C24H23Cl2N5O2/c25-21-4-2-17(11-22(21)26)24(33)29-14-23(32)31-10-7-20(15-31)30-8-5-16(6-9-30)18-1-3-19(12-27)28-13-18/h1-5,11,13,20H,6-10,14-15H2,(H,29,33). The molecule has 0 radical (unpaired) electrons. The van der Waals surface area contributed by atoms with Crippen LogP contribution in [0.25, 0.3) is 5.57 Å². The summed E-state index contributed by atoms with van der Waals surface area (Å²) >= 11 is 11.8. The second-order valence-corrected chi connectivity index (χ2v) is 8.93. The molecule has 0 aliphatic carbocycles. The Hall–Kier alpha value is -2.92. The Labute approximate surface area is 202 Å². The maximum atomic E-state index is 12.6. The quantitative estimate of drug-likeness (QED) is 0.703. The number of amides is 2. The summed E-state index contributed by atoms with van der Waals surface area (Å²) in [7, 11) is 0. The van der Waals surface area contributed by atoms with Crippen LogP contribution < -0.4 is 5.32 Å². The van der Waals surface area contributed by atoms with E-state index < -0.39 is 0 Å². The summed E-state index contributed by atoms with van der Waals surface area (Å²) in [6.45, 7) is 3.01. The van der Waals surface area contributed by atoms with Crippen molar-refractivity contribution in [2.75, 3.05) is 32.7 Å². The van der Waals surface area contributed by atoms with Gasteiger partial charge in [0.25, 0.3) is 5.91 Å². The second kappa shape index (κ2) is 10.3. The number of benzene rings is 1. The van der Waals surface area contributed by atoms with E-state index in [1.165, 1.54) is 11.6 Å². The van der Waals surface area contributed by atoms with Gasteiger partial charge in [0.05, 0.1) is 16.6 Å². The topological polar surface area (TPSA) is 89.3 Å². The molecule has 1 aromatic carbocycles. The Morgan fingerprint density at radius 2 is 2.03 bits per heavy atom. The zero-order chi connectivity index (χ0) is 23.4. The van der Waals surface area contributed by atoms with Crippen LogP contribution >= 0.6 is 23.2 Å². The van der Waals surface area contributed by atoms with Crippen LogP contribution in [0.1, 0.15) is 34.5 Å². The second-order valence-electron chi connectivity index (χ2n) is 8.11.